The van der Waals surface area contributed by atoms with Gasteiger partial charge in [-0.05, 0) is 80.2 Å². The third-order valence-electron chi connectivity index (χ3n) is 8.99. The van der Waals surface area contributed by atoms with Crippen molar-refractivity contribution >= 4 is 46.6 Å². The molecule has 0 spiro atoms. The average Bonchev–Trinajstić information content (AvgIpc) is 2.97. The van der Waals surface area contributed by atoms with E-state index in [-0.39, 0.29) is 40.0 Å². The summed E-state index contributed by atoms with van der Waals surface area (Å²) in [4.78, 5) is 42.3. The molecule has 3 aliphatic carbocycles. The molecule has 3 aromatic carbocycles. The largest absolute Gasteiger partial charge is 0.459 e. The number of anilines is 1. The van der Waals surface area contributed by atoms with Gasteiger partial charge in [-0.3, -0.25) is 9.59 Å². The molecule has 206 valence electrons. The first-order chi connectivity index (χ1) is 19.3. The van der Waals surface area contributed by atoms with Crippen LogP contribution in [-0.4, -0.2) is 23.6 Å². The van der Waals surface area contributed by atoms with E-state index in [1.54, 1.807) is 42.5 Å². The Morgan fingerprint density at radius 1 is 0.925 bits per heavy atom. The zero-order valence-electron chi connectivity index (χ0n) is 22.5. The van der Waals surface area contributed by atoms with Crippen molar-refractivity contribution < 1.29 is 19.1 Å². The van der Waals surface area contributed by atoms with Crippen molar-refractivity contribution in [3.63, 3.8) is 0 Å². The third kappa shape index (κ3) is 4.97. The van der Waals surface area contributed by atoms with Crippen LogP contribution in [0.4, 0.5) is 5.69 Å². The molecule has 5 nitrogen and oxygen atoms in total. The molecule has 3 aliphatic rings. The Hall–Kier alpha value is -3.09. The van der Waals surface area contributed by atoms with Gasteiger partial charge in [0.15, 0.2) is 11.6 Å². The number of hydrogen-bond acceptors (Lipinski definition) is 6. The molecular weight excluding hydrogens is 542 g/mol. The van der Waals surface area contributed by atoms with Crippen LogP contribution in [0.25, 0.3) is 0 Å². The minimum atomic E-state index is -0.539. The number of rotatable bonds is 5. The number of nitrogens with two attached hydrogens (primary N) is 1. The maximum atomic E-state index is 13.7. The lowest BCUT2D eigenvalue weighted by atomic mass is 9.66. The fourth-order valence-electron chi connectivity index (χ4n) is 6.80. The molecule has 4 atom stereocenters. The van der Waals surface area contributed by atoms with Gasteiger partial charge in [0.1, 0.15) is 6.10 Å². The monoisotopic (exact) mass is 573 g/mol. The Kier molecular flexibility index (Phi) is 7.49. The Labute approximate surface area is 243 Å². The molecule has 0 heterocycles. The topological polar surface area (TPSA) is 86.5 Å². The van der Waals surface area contributed by atoms with Gasteiger partial charge in [0.2, 0.25) is 0 Å². The first kappa shape index (κ1) is 27.1. The van der Waals surface area contributed by atoms with E-state index in [1.807, 2.05) is 12.1 Å². The van der Waals surface area contributed by atoms with Crippen LogP contribution in [0.2, 0.25) is 5.02 Å². The summed E-state index contributed by atoms with van der Waals surface area (Å²) >= 11 is 7.38. The first-order valence-electron chi connectivity index (χ1n) is 14.1. The molecule has 0 bridgehead atoms. The van der Waals surface area contributed by atoms with E-state index < -0.39 is 5.97 Å². The number of fused-ring (bicyclic) bond motifs is 3. The zero-order valence-corrected chi connectivity index (χ0v) is 24.0. The number of halogens is 1. The molecule has 2 saturated carbocycles. The molecule has 6 rings (SSSR count). The van der Waals surface area contributed by atoms with Crippen molar-refractivity contribution in [2.24, 2.45) is 17.8 Å². The maximum absolute atomic E-state index is 13.7. The highest BCUT2D eigenvalue weighted by molar-refractivity contribution is 7.99. The molecule has 7 heteroatoms. The number of hydrogen-bond donors (Lipinski definition) is 1. The van der Waals surface area contributed by atoms with E-state index >= 15 is 0 Å². The molecule has 40 heavy (non-hydrogen) atoms. The minimum Gasteiger partial charge on any atom is -0.459 e. The van der Waals surface area contributed by atoms with Crippen molar-refractivity contribution in [1.82, 2.24) is 0 Å². The van der Waals surface area contributed by atoms with Crippen molar-refractivity contribution in [2.75, 3.05) is 5.73 Å². The highest BCUT2D eigenvalue weighted by Gasteiger charge is 2.39. The van der Waals surface area contributed by atoms with E-state index in [4.69, 9.17) is 22.1 Å². The maximum Gasteiger partial charge on any atom is 0.340 e. The highest BCUT2D eigenvalue weighted by atomic mass is 35.5. The number of ketones is 2. The van der Waals surface area contributed by atoms with Crippen LogP contribution in [0.3, 0.4) is 0 Å². The number of carbonyl (C=O) groups excluding carboxylic acids is 3. The Balaban J connectivity index is 1.34. The number of nitrogen functional groups attached to an aromatic ring is 1. The van der Waals surface area contributed by atoms with E-state index in [0.29, 0.717) is 32.9 Å². The van der Waals surface area contributed by atoms with Crippen LogP contribution in [0.5, 0.6) is 0 Å². The molecule has 2 fully saturated rings. The Bertz CT molecular complexity index is 1500. The van der Waals surface area contributed by atoms with Gasteiger partial charge in [0.25, 0.3) is 0 Å². The van der Waals surface area contributed by atoms with Crippen molar-refractivity contribution in [3.8, 4) is 0 Å². The lowest BCUT2D eigenvalue weighted by molar-refractivity contribution is -0.00586. The quantitative estimate of drug-likeness (QED) is 0.192. The van der Waals surface area contributed by atoms with E-state index in [0.717, 1.165) is 30.1 Å². The second-order valence-electron chi connectivity index (χ2n) is 11.3. The predicted octanol–water partition coefficient (Wildman–Crippen LogP) is 8.00. The fraction of sp³-hybridized carbons (Fsp3) is 0.364. The first-order valence-corrected chi connectivity index (χ1v) is 15.3. The van der Waals surface area contributed by atoms with Crippen LogP contribution in [0.1, 0.15) is 94.1 Å². The van der Waals surface area contributed by atoms with Gasteiger partial charge in [0, 0.05) is 31.5 Å². The summed E-state index contributed by atoms with van der Waals surface area (Å²) in [6, 6.07) is 15.5. The van der Waals surface area contributed by atoms with Crippen LogP contribution in [-0.2, 0) is 4.74 Å². The minimum absolute atomic E-state index is 0.00505. The van der Waals surface area contributed by atoms with Crippen LogP contribution in [0, 0.1) is 17.8 Å². The van der Waals surface area contributed by atoms with Crippen LogP contribution < -0.4 is 5.73 Å². The average molecular weight is 574 g/mol. The van der Waals surface area contributed by atoms with E-state index in [1.165, 1.54) is 37.4 Å². The van der Waals surface area contributed by atoms with Gasteiger partial charge < -0.3 is 10.5 Å². The predicted molar refractivity (Wildman–Crippen MR) is 157 cm³/mol. The van der Waals surface area contributed by atoms with Gasteiger partial charge in [-0.2, -0.15) is 0 Å². The van der Waals surface area contributed by atoms with Gasteiger partial charge >= 0.3 is 5.97 Å². The third-order valence-corrected chi connectivity index (χ3v) is 10.3. The summed E-state index contributed by atoms with van der Waals surface area (Å²) in [6.45, 7) is 2.28. The highest BCUT2D eigenvalue weighted by Crippen LogP contribution is 2.45. The Morgan fingerprint density at radius 2 is 1.57 bits per heavy atom. The van der Waals surface area contributed by atoms with Crippen molar-refractivity contribution in [1.29, 1.82) is 0 Å². The lowest BCUT2D eigenvalue weighted by Gasteiger charge is -2.41. The van der Waals surface area contributed by atoms with Crippen molar-refractivity contribution in [3.05, 3.63) is 87.4 Å². The summed E-state index contributed by atoms with van der Waals surface area (Å²) < 4.78 is 6.06. The van der Waals surface area contributed by atoms with Gasteiger partial charge in [0.05, 0.1) is 16.8 Å². The van der Waals surface area contributed by atoms with Crippen LogP contribution in [0.15, 0.2) is 64.4 Å². The standard InChI is InChI=1S/C33H32ClNO4S/c1-2-18-7-8-20-16-22(12-9-19(20)15-18)39-33(38)26-17-27(40-23-13-10-21(34)11-14-23)28-29(30(26)35)32(37)25-6-4-3-5-24(25)31(28)36/h3-6,10-11,13-14,17-20,22H,2,7-9,12,15-16,35H2,1H3/t18?,19-,20?,22-/m1/s1. The second kappa shape index (κ2) is 11.1. The molecule has 3 aromatic rings. The van der Waals surface area contributed by atoms with Crippen LogP contribution >= 0.6 is 23.4 Å². The summed E-state index contributed by atoms with van der Waals surface area (Å²) in [6.07, 6.45) is 7.56. The summed E-state index contributed by atoms with van der Waals surface area (Å²) in [5.41, 5.74) is 7.61. The lowest BCUT2D eigenvalue weighted by Crippen LogP contribution is -2.35. The molecule has 0 amide bonds. The number of esters is 1. The number of benzene rings is 3. The second-order valence-corrected chi connectivity index (χ2v) is 12.8. The molecule has 2 N–H and O–H groups in total. The number of carbonyl (C=O) groups is 3. The summed E-state index contributed by atoms with van der Waals surface area (Å²) in [7, 11) is 0. The zero-order chi connectivity index (χ0) is 28.0. The van der Waals surface area contributed by atoms with Gasteiger partial charge in [-0.25, -0.2) is 4.79 Å². The normalized spacial score (nSPS) is 23.6. The van der Waals surface area contributed by atoms with E-state index in [9.17, 15) is 14.4 Å². The fourth-order valence-corrected chi connectivity index (χ4v) is 7.92. The van der Waals surface area contributed by atoms with E-state index in [2.05, 4.69) is 6.92 Å². The van der Waals surface area contributed by atoms with Gasteiger partial charge in [-0.15, -0.1) is 0 Å². The van der Waals surface area contributed by atoms with Crippen molar-refractivity contribution in [2.45, 2.75) is 67.8 Å². The molecule has 0 aliphatic heterocycles. The summed E-state index contributed by atoms with van der Waals surface area (Å²) in [5.74, 6) is 0.939. The number of ether oxygens (including phenoxy) is 1. The molecular formula is C33H32ClNO4S. The molecule has 0 aromatic heterocycles. The SMILES string of the molecule is CCC1CCC2C[C@H](OC(=O)c3cc(Sc4ccc(Cl)cc4)c4c(c3N)C(=O)c3ccccc3C4=O)CC[C@@H]2C1. The Morgan fingerprint density at radius 3 is 2.27 bits per heavy atom. The molecule has 0 radical (unpaired) electrons. The smallest absolute Gasteiger partial charge is 0.340 e. The molecule has 2 unspecified atom stereocenters. The van der Waals surface area contributed by atoms with Gasteiger partial charge in [-0.1, -0.05) is 67.4 Å². The molecule has 0 saturated heterocycles. The summed E-state index contributed by atoms with van der Waals surface area (Å²) in [5, 5.41) is 0.589.